The van der Waals surface area contributed by atoms with E-state index in [-0.39, 0.29) is 0 Å². The van der Waals surface area contributed by atoms with Crippen molar-refractivity contribution in [1.29, 1.82) is 0 Å². The van der Waals surface area contributed by atoms with E-state index in [9.17, 15) is 0 Å². The van der Waals surface area contributed by atoms with E-state index in [0.717, 1.165) is 62.4 Å². The summed E-state index contributed by atoms with van der Waals surface area (Å²) in [6.07, 6.45) is 5.38. The van der Waals surface area contributed by atoms with Gasteiger partial charge in [0, 0.05) is 45.6 Å². The molecule has 1 saturated heterocycles. The summed E-state index contributed by atoms with van der Waals surface area (Å²) in [5.74, 6) is 2.71. The first-order chi connectivity index (χ1) is 15.3. The third kappa shape index (κ3) is 7.75. The van der Waals surface area contributed by atoms with Gasteiger partial charge in [0.05, 0.1) is 13.7 Å². The minimum atomic E-state index is 0.580. The Labute approximate surface area is 185 Å². The van der Waals surface area contributed by atoms with E-state index < -0.39 is 0 Å². The summed E-state index contributed by atoms with van der Waals surface area (Å²) < 4.78 is 10.7. The summed E-state index contributed by atoms with van der Waals surface area (Å²) in [6, 6.07) is 12.3. The molecule has 0 amide bonds. The maximum Gasteiger partial charge on any atom is 0.191 e. The minimum Gasteiger partial charge on any atom is -0.497 e. The van der Waals surface area contributed by atoms with Crippen molar-refractivity contribution in [3.05, 3.63) is 53.7 Å². The summed E-state index contributed by atoms with van der Waals surface area (Å²) in [5, 5.41) is 6.82. The van der Waals surface area contributed by atoms with Crippen LogP contribution in [0.3, 0.4) is 0 Å². The van der Waals surface area contributed by atoms with E-state index in [1.54, 1.807) is 7.11 Å². The molecule has 1 aromatic heterocycles. The Hall–Kier alpha value is -2.80. The zero-order valence-electron chi connectivity index (χ0n) is 18.8. The lowest BCUT2D eigenvalue weighted by Gasteiger charge is -2.16. The zero-order chi connectivity index (χ0) is 21.7. The summed E-state index contributed by atoms with van der Waals surface area (Å²) in [7, 11) is 1.68. The minimum absolute atomic E-state index is 0.580. The van der Waals surface area contributed by atoms with Crippen LogP contribution in [0.2, 0.25) is 0 Å². The number of pyridine rings is 1. The third-order valence-corrected chi connectivity index (χ3v) is 5.24. The maximum absolute atomic E-state index is 5.42. The fraction of sp³-hybridized carbons (Fsp3) is 0.500. The molecule has 0 spiro atoms. The number of nitrogens with one attached hydrogen (secondary N) is 2. The van der Waals surface area contributed by atoms with Crippen LogP contribution in [-0.2, 0) is 17.8 Å². The van der Waals surface area contributed by atoms with Gasteiger partial charge < -0.3 is 25.0 Å². The Bertz CT molecular complexity index is 787. The smallest absolute Gasteiger partial charge is 0.191 e. The van der Waals surface area contributed by atoms with E-state index in [4.69, 9.17) is 14.5 Å². The number of anilines is 1. The zero-order valence-corrected chi connectivity index (χ0v) is 18.8. The number of guanidine groups is 1. The van der Waals surface area contributed by atoms with Crippen molar-refractivity contribution < 1.29 is 9.47 Å². The molecule has 0 unspecified atom stereocenters. The Morgan fingerprint density at radius 1 is 1.06 bits per heavy atom. The highest BCUT2D eigenvalue weighted by Crippen LogP contribution is 2.17. The second-order valence-electron chi connectivity index (χ2n) is 7.56. The van der Waals surface area contributed by atoms with Gasteiger partial charge in [0.2, 0.25) is 0 Å². The fourth-order valence-electron chi connectivity index (χ4n) is 3.44. The Morgan fingerprint density at radius 3 is 2.52 bits per heavy atom. The second-order valence-corrected chi connectivity index (χ2v) is 7.56. The molecule has 0 saturated carbocycles. The Kier molecular flexibility index (Phi) is 9.44. The number of nitrogens with zero attached hydrogens (tertiary/aromatic N) is 3. The van der Waals surface area contributed by atoms with Gasteiger partial charge in [-0.2, -0.15) is 0 Å². The number of aromatic nitrogens is 1. The molecule has 7 nitrogen and oxygen atoms in total. The highest BCUT2D eigenvalue weighted by molar-refractivity contribution is 5.79. The topological polar surface area (TPSA) is 71.0 Å². The van der Waals surface area contributed by atoms with Crippen molar-refractivity contribution in [3.8, 4) is 5.75 Å². The van der Waals surface area contributed by atoms with Gasteiger partial charge in [-0.05, 0) is 55.5 Å². The molecule has 168 valence electrons. The van der Waals surface area contributed by atoms with Crippen LogP contribution in [-0.4, -0.2) is 50.9 Å². The molecule has 0 radical (unpaired) electrons. The van der Waals surface area contributed by atoms with Crippen molar-refractivity contribution in [2.45, 2.75) is 39.3 Å². The van der Waals surface area contributed by atoms with Gasteiger partial charge in [0.25, 0.3) is 0 Å². The van der Waals surface area contributed by atoms with Gasteiger partial charge in [0.1, 0.15) is 11.6 Å². The van der Waals surface area contributed by atoms with Crippen LogP contribution in [0.25, 0.3) is 0 Å². The molecule has 2 aromatic rings. The molecule has 0 atom stereocenters. The SMILES string of the molecule is CCOCCCNC(=NCc1ccc(N2CCCC2)nc1)NCc1ccc(OC)cc1. The van der Waals surface area contributed by atoms with Crippen LogP contribution in [0.15, 0.2) is 47.6 Å². The lowest BCUT2D eigenvalue weighted by atomic mass is 10.2. The molecule has 2 heterocycles. The number of hydrogen-bond acceptors (Lipinski definition) is 5. The molecule has 7 heteroatoms. The first-order valence-corrected chi connectivity index (χ1v) is 11.2. The molecule has 2 N–H and O–H groups in total. The summed E-state index contributed by atoms with van der Waals surface area (Å²) in [6.45, 7) is 7.80. The standard InChI is InChI=1S/C24H35N5O2/c1-3-31-16-6-13-25-24(27-17-20-7-10-22(30-2)11-8-20)28-19-21-9-12-23(26-18-21)29-14-4-5-15-29/h7-12,18H,3-6,13-17,19H2,1-2H3,(H2,25,27,28). The predicted octanol–water partition coefficient (Wildman–Crippen LogP) is 3.35. The molecule has 0 aliphatic carbocycles. The number of aliphatic imine (C=N–C) groups is 1. The van der Waals surface area contributed by atoms with Crippen LogP contribution >= 0.6 is 0 Å². The summed E-state index contributed by atoms with van der Waals surface area (Å²) in [5.41, 5.74) is 2.27. The molecule has 3 rings (SSSR count). The van der Waals surface area contributed by atoms with E-state index in [1.807, 2.05) is 25.3 Å². The van der Waals surface area contributed by atoms with Crippen molar-refractivity contribution >= 4 is 11.8 Å². The summed E-state index contributed by atoms with van der Waals surface area (Å²) in [4.78, 5) is 11.7. The van der Waals surface area contributed by atoms with Crippen LogP contribution in [0, 0.1) is 0 Å². The van der Waals surface area contributed by atoms with Gasteiger partial charge in [-0.15, -0.1) is 0 Å². The van der Waals surface area contributed by atoms with Crippen LogP contribution in [0.4, 0.5) is 5.82 Å². The number of benzene rings is 1. The van der Waals surface area contributed by atoms with Gasteiger partial charge >= 0.3 is 0 Å². The van der Waals surface area contributed by atoms with Gasteiger partial charge in [0.15, 0.2) is 5.96 Å². The van der Waals surface area contributed by atoms with Crippen molar-refractivity contribution in [2.75, 3.05) is 44.9 Å². The third-order valence-electron chi connectivity index (χ3n) is 5.24. The average Bonchev–Trinajstić information content (AvgIpc) is 3.36. The second kappa shape index (κ2) is 12.8. The van der Waals surface area contributed by atoms with E-state index >= 15 is 0 Å². The number of methoxy groups -OCH3 is 1. The largest absolute Gasteiger partial charge is 0.497 e. The lowest BCUT2D eigenvalue weighted by Crippen LogP contribution is -2.37. The maximum atomic E-state index is 5.42. The van der Waals surface area contributed by atoms with Gasteiger partial charge in [-0.3, -0.25) is 0 Å². The van der Waals surface area contributed by atoms with Crippen molar-refractivity contribution in [2.24, 2.45) is 4.99 Å². The molecular formula is C24H35N5O2. The number of hydrogen-bond donors (Lipinski definition) is 2. The van der Waals surface area contributed by atoms with Crippen LogP contribution in [0.1, 0.15) is 37.3 Å². The normalized spacial score (nSPS) is 14.0. The quantitative estimate of drug-likeness (QED) is 0.327. The first kappa shape index (κ1) is 22.9. The predicted molar refractivity (Wildman–Crippen MR) is 126 cm³/mol. The van der Waals surface area contributed by atoms with E-state index in [0.29, 0.717) is 13.1 Å². The number of ether oxygens (including phenoxy) is 2. The fourth-order valence-corrected chi connectivity index (χ4v) is 3.44. The average molecular weight is 426 g/mol. The Morgan fingerprint density at radius 2 is 1.84 bits per heavy atom. The highest BCUT2D eigenvalue weighted by Gasteiger charge is 2.12. The monoisotopic (exact) mass is 425 g/mol. The van der Waals surface area contributed by atoms with Crippen LogP contribution < -0.4 is 20.3 Å². The molecule has 1 aromatic carbocycles. The van der Waals surface area contributed by atoms with Crippen molar-refractivity contribution in [1.82, 2.24) is 15.6 Å². The van der Waals surface area contributed by atoms with Crippen molar-refractivity contribution in [3.63, 3.8) is 0 Å². The molecule has 1 fully saturated rings. The summed E-state index contributed by atoms with van der Waals surface area (Å²) >= 11 is 0. The molecule has 1 aliphatic heterocycles. The van der Waals surface area contributed by atoms with Gasteiger partial charge in [-0.25, -0.2) is 9.98 Å². The van der Waals surface area contributed by atoms with Gasteiger partial charge in [-0.1, -0.05) is 18.2 Å². The molecular weight excluding hydrogens is 390 g/mol. The van der Waals surface area contributed by atoms with Crippen LogP contribution in [0.5, 0.6) is 5.75 Å². The van der Waals surface area contributed by atoms with E-state index in [1.165, 1.54) is 18.4 Å². The molecule has 0 bridgehead atoms. The first-order valence-electron chi connectivity index (χ1n) is 11.2. The number of rotatable bonds is 11. The Balaban J connectivity index is 1.56. The molecule has 31 heavy (non-hydrogen) atoms. The lowest BCUT2D eigenvalue weighted by molar-refractivity contribution is 0.145. The van der Waals surface area contributed by atoms with E-state index in [2.05, 4.69) is 44.8 Å². The molecule has 1 aliphatic rings. The highest BCUT2D eigenvalue weighted by atomic mass is 16.5.